The Morgan fingerprint density at radius 2 is 0.318 bits per heavy atom. The van der Waals surface area contributed by atoms with Gasteiger partial charge in [0.2, 0.25) is 0 Å². The van der Waals surface area contributed by atoms with Crippen molar-refractivity contribution in [1.82, 2.24) is 0 Å². The molecule has 12 heteroatoms. The Labute approximate surface area is 662 Å². The van der Waals surface area contributed by atoms with Crippen LogP contribution in [0.5, 0.6) is 0 Å². The van der Waals surface area contributed by atoms with Crippen LogP contribution in [0.3, 0.4) is 0 Å². The molecule has 0 saturated carbocycles. The van der Waals surface area contributed by atoms with Crippen molar-refractivity contribution in [3.05, 3.63) is 256 Å². The van der Waals surface area contributed by atoms with E-state index in [4.69, 9.17) is 22.9 Å². The Balaban J connectivity index is -0.000000459. The maximum atomic E-state index is 6.94. The van der Waals surface area contributed by atoms with E-state index in [1.165, 1.54) is 44.5 Å². The molecule has 0 unspecified atom stereocenters. The Morgan fingerprint density at radius 1 is 0.216 bits per heavy atom. The molecule has 0 bridgehead atoms. The van der Waals surface area contributed by atoms with Gasteiger partial charge in [0.05, 0.1) is 0 Å². The van der Waals surface area contributed by atoms with Gasteiger partial charge in [0.1, 0.15) is 0 Å². The third-order valence-electron chi connectivity index (χ3n) is 16.9. The molecule has 0 aliphatic carbocycles. The van der Waals surface area contributed by atoms with Gasteiger partial charge in [-0.1, -0.05) is 333 Å². The van der Waals surface area contributed by atoms with Crippen molar-refractivity contribution in [2.45, 2.75) is 216 Å². The predicted molar refractivity (Wildman–Crippen MR) is 394 cm³/mol. The van der Waals surface area contributed by atoms with Crippen molar-refractivity contribution in [3.63, 3.8) is 0 Å². The van der Waals surface area contributed by atoms with Gasteiger partial charge >= 0.3 is 0 Å². The van der Waals surface area contributed by atoms with E-state index in [1.807, 2.05) is 121 Å². The van der Waals surface area contributed by atoms with Gasteiger partial charge in [0.15, 0.2) is 0 Å². The standard InChI is InChI=1S/4C12H21Si.4C7H8N.4Lu/c4*1-8-9(2)11(4)12(10(8)3)13(5,6)7;4*8-6-7-4-2-1-3-5-7;;;;/h4*1-7H3;4*1-5,8H,6H2;;;;/q8*-1;;;;. The fraction of sp³-hybridized carbons (Fsp3) is 0.421. The summed E-state index contributed by atoms with van der Waals surface area (Å²) in [5.74, 6) is 0. The molecule has 4 N–H and O–H groups in total. The van der Waals surface area contributed by atoms with Crippen LogP contribution in [-0.4, -0.2) is 32.3 Å². The third-order valence-corrected chi connectivity index (χ3v) is 25.9. The third kappa shape index (κ3) is 29.9. The molecule has 88 heavy (non-hydrogen) atoms. The van der Waals surface area contributed by atoms with Crippen molar-refractivity contribution in [1.29, 1.82) is 0 Å². The molecule has 0 aromatic heterocycles. The second-order valence-electron chi connectivity index (χ2n) is 27.1. The Morgan fingerprint density at radius 3 is 0.375 bits per heavy atom. The first-order valence-corrected chi connectivity index (χ1v) is 44.5. The van der Waals surface area contributed by atoms with Crippen LogP contribution >= 0.6 is 0 Å². The zero-order chi connectivity index (χ0) is 64.8. The van der Waals surface area contributed by atoms with Crippen molar-refractivity contribution < 1.29 is 147 Å². The Hall–Kier alpha value is -0.0774. The van der Waals surface area contributed by atoms with Crippen molar-refractivity contribution in [2.24, 2.45) is 0 Å². The second-order valence-corrected chi connectivity index (χ2v) is 47.1. The molecule has 8 aromatic rings. The molecule has 0 aliphatic heterocycles. The van der Waals surface area contributed by atoms with Gasteiger partial charge in [-0.25, -0.2) is 0 Å². The van der Waals surface area contributed by atoms with Gasteiger partial charge < -0.3 is 22.9 Å². The maximum Gasteiger partial charge on any atom is 0.0152 e. The van der Waals surface area contributed by atoms with E-state index in [-0.39, 0.29) is 147 Å². The molecular formula is C76H116Lu4N4Si4-8. The second kappa shape index (κ2) is 44.6. The molecule has 4 radical (unpaired) electrons. The van der Waals surface area contributed by atoms with Gasteiger partial charge in [-0.15, -0.1) is 26.2 Å². The summed E-state index contributed by atoms with van der Waals surface area (Å²) in [5, 5.41) is 6.73. The summed E-state index contributed by atoms with van der Waals surface area (Å²) in [4.78, 5) is 0. The summed E-state index contributed by atoms with van der Waals surface area (Å²) in [6, 6.07) is 39.0. The molecule has 524 valence electrons. The van der Waals surface area contributed by atoms with E-state index in [0.717, 1.165) is 22.3 Å². The molecule has 4 nitrogen and oxygen atoms in total. The monoisotopic (exact) mass is 1900 g/mol. The summed E-state index contributed by atoms with van der Waals surface area (Å²) < 4.78 is 0. The normalized spacial score (nSPS) is 10.5. The minimum Gasteiger partial charge on any atom is -0.674 e. The average Bonchev–Trinajstić information content (AvgIpc) is 3.17. The zero-order valence-corrected chi connectivity index (χ0v) is 70.0. The molecule has 0 aliphatic rings. The first kappa shape index (κ1) is 94.3. The minimum atomic E-state index is -1.13. The van der Waals surface area contributed by atoms with Crippen molar-refractivity contribution in [2.75, 3.05) is 0 Å². The van der Waals surface area contributed by atoms with Crippen LogP contribution in [-0.2, 0) is 26.2 Å². The summed E-state index contributed by atoms with van der Waals surface area (Å²) in [6.07, 6.45) is 0. The molecule has 8 aromatic carbocycles. The van der Waals surface area contributed by atoms with Gasteiger partial charge in [0.25, 0.3) is 0 Å². The maximum absolute atomic E-state index is 6.94. The minimum absolute atomic E-state index is 0. The van der Waals surface area contributed by atoms with Gasteiger partial charge in [0, 0.05) is 180 Å². The Kier molecular flexibility index (Phi) is 47.8. The van der Waals surface area contributed by atoms with Crippen LogP contribution in [0.2, 0.25) is 78.6 Å². The molecule has 8 rings (SSSR count). The average molecular weight is 1900 g/mol. The number of rotatable bonds is 8. The van der Waals surface area contributed by atoms with E-state index < -0.39 is 32.3 Å². The largest absolute Gasteiger partial charge is 0.674 e. The van der Waals surface area contributed by atoms with Gasteiger partial charge in [-0.2, -0.15) is 110 Å². The van der Waals surface area contributed by atoms with Crippen LogP contribution in [0, 0.1) is 258 Å². The fourth-order valence-electron chi connectivity index (χ4n) is 11.8. The quantitative estimate of drug-likeness (QED) is 0.107. The first-order chi connectivity index (χ1) is 38.8. The summed E-state index contributed by atoms with van der Waals surface area (Å²) in [6.45, 7) is 67.0. The molecule has 0 atom stereocenters. The molecule has 0 heterocycles. The van der Waals surface area contributed by atoms with Crippen molar-refractivity contribution in [3.8, 4) is 0 Å². The van der Waals surface area contributed by atoms with Crippen LogP contribution in [0.1, 0.15) is 111 Å². The van der Waals surface area contributed by atoms with Crippen LogP contribution in [0.4, 0.5) is 0 Å². The topological polar surface area (TPSA) is 95.2 Å². The number of hydrogen-bond donors (Lipinski definition) is 0. The fourth-order valence-corrected chi connectivity index (χ4v) is 22.3. The summed E-state index contributed by atoms with van der Waals surface area (Å²) in [7, 11) is -4.53. The number of nitrogens with one attached hydrogen (secondary N) is 4. The molecule has 0 spiro atoms. The van der Waals surface area contributed by atoms with Crippen molar-refractivity contribution >= 4 is 53.0 Å². The SMILES string of the molecule is Cc1c(C)c(C)[c-]([Si](C)(C)C)c1C.Cc1c(C)c(C)[c-]([Si](C)(C)C)c1C.Cc1c(C)c(C)[c-]([Si](C)(C)C)c1C.Cc1c(C)c(C)[c-]([Si](C)(C)C)c1C.[Lu].[Lu].[Lu].[Lu].[NH-]Cc1ccccc1.[NH-]Cc1ccccc1.[NH-]Cc1ccccc1.[NH-]Cc1ccccc1. The number of benzene rings is 4. The van der Waals surface area contributed by atoms with E-state index in [2.05, 4.69) is 189 Å². The zero-order valence-electron chi connectivity index (χ0n) is 59.4. The predicted octanol–water partition coefficient (Wildman–Crippen LogP) is 21.7. The summed E-state index contributed by atoms with van der Waals surface area (Å²) in [5.41, 5.74) is 56.6. The van der Waals surface area contributed by atoms with Crippen LogP contribution in [0.15, 0.2) is 121 Å². The van der Waals surface area contributed by atoms with E-state index in [0.29, 0.717) is 26.2 Å². The molecule has 0 amide bonds. The summed E-state index contributed by atoms with van der Waals surface area (Å²) >= 11 is 0. The van der Waals surface area contributed by atoms with Gasteiger partial charge in [-0.3, -0.25) is 0 Å². The van der Waals surface area contributed by atoms with E-state index >= 15 is 0 Å². The molecule has 0 saturated heterocycles. The Bertz CT molecular complexity index is 2650. The number of hydrogen-bond acceptors (Lipinski definition) is 0. The first-order valence-electron chi connectivity index (χ1n) is 30.5. The van der Waals surface area contributed by atoms with Crippen LogP contribution < -0.4 is 20.7 Å². The van der Waals surface area contributed by atoms with E-state index in [1.54, 1.807) is 65.3 Å². The smallest absolute Gasteiger partial charge is 0.0152 e. The molecule has 0 fully saturated rings. The van der Waals surface area contributed by atoms with Crippen LogP contribution in [0.25, 0.3) is 22.9 Å². The molecular weight excluding hydrogens is 1780 g/mol. The van der Waals surface area contributed by atoms with Gasteiger partial charge in [-0.05, 0) is 0 Å². The van der Waals surface area contributed by atoms with E-state index in [9.17, 15) is 0 Å².